The first-order valence-corrected chi connectivity index (χ1v) is 8.87. The van der Waals surface area contributed by atoms with Gasteiger partial charge in [-0.3, -0.25) is 4.79 Å². The number of carbonyl (C=O) groups excluding carboxylic acids is 1. The Morgan fingerprint density at radius 3 is 2.56 bits per heavy atom. The molecule has 132 valence electrons. The lowest BCUT2D eigenvalue weighted by molar-refractivity contribution is -0.122. The second kappa shape index (κ2) is 7.70. The van der Waals surface area contributed by atoms with Crippen molar-refractivity contribution in [3.8, 4) is 5.75 Å². The summed E-state index contributed by atoms with van der Waals surface area (Å²) in [6.07, 6.45) is 4.50. The zero-order chi connectivity index (χ0) is 17.7. The lowest BCUT2D eigenvalue weighted by Gasteiger charge is -2.31. The predicted octanol–water partition coefficient (Wildman–Crippen LogP) is 3.32. The van der Waals surface area contributed by atoms with Crippen LogP contribution in [-0.2, 0) is 10.2 Å². The van der Waals surface area contributed by atoms with Crippen LogP contribution in [0, 0.1) is 0 Å². The summed E-state index contributed by atoms with van der Waals surface area (Å²) in [6.45, 7) is 0.611. The van der Waals surface area contributed by atoms with Crippen LogP contribution in [0.5, 0.6) is 5.75 Å². The molecule has 1 unspecified atom stereocenters. The molecule has 0 spiro atoms. The SMILES string of the molecule is COc1cccc(C2(CNC(=O)C(N)c3ccccc3)CCCC2)c1. The quantitative estimate of drug-likeness (QED) is 0.849. The predicted molar refractivity (Wildman–Crippen MR) is 99.5 cm³/mol. The van der Waals surface area contributed by atoms with Gasteiger partial charge < -0.3 is 15.8 Å². The maximum atomic E-state index is 12.5. The molecular formula is C21H26N2O2. The fourth-order valence-corrected chi connectivity index (χ4v) is 3.75. The maximum absolute atomic E-state index is 12.5. The number of methoxy groups -OCH3 is 1. The van der Waals surface area contributed by atoms with Gasteiger partial charge in [-0.15, -0.1) is 0 Å². The highest BCUT2D eigenvalue weighted by Gasteiger charge is 2.36. The summed E-state index contributed by atoms with van der Waals surface area (Å²) in [4.78, 5) is 12.5. The van der Waals surface area contributed by atoms with Gasteiger partial charge in [0.15, 0.2) is 0 Å². The molecule has 0 heterocycles. The Morgan fingerprint density at radius 1 is 1.16 bits per heavy atom. The Bertz CT molecular complexity index is 709. The number of nitrogens with two attached hydrogens (primary N) is 1. The van der Waals surface area contributed by atoms with Crippen LogP contribution in [0.25, 0.3) is 0 Å². The number of amides is 1. The topological polar surface area (TPSA) is 64.3 Å². The molecule has 0 radical (unpaired) electrons. The average Bonchev–Trinajstić information content (AvgIpc) is 3.16. The van der Waals surface area contributed by atoms with Gasteiger partial charge in [-0.05, 0) is 36.1 Å². The summed E-state index contributed by atoms with van der Waals surface area (Å²) in [7, 11) is 1.68. The van der Waals surface area contributed by atoms with E-state index in [0.717, 1.165) is 24.2 Å². The third-order valence-corrected chi connectivity index (χ3v) is 5.28. The first-order chi connectivity index (χ1) is 12.1. The number of nitrogens with one attached hydrogen (secondary N) is 1. The first-order valence-electron chi connectivity index (χ1n) is 8.87. The van der Waals surface area contributed by atoms with Crippen molar-refractivity contribution in [2.45, 2.75) is 37.1 Å². The molecule has 0 saturated heterocycles. The maximum Gasteiger partial charge on any atom is 0.241 e. The number of ether oxygens (including phenoxy) is 1. The summed E-state index contributed by atoms with van der Waals surface area (Å²) in [5.74, 6) is 0.733. The molecule has 4 heteroatoms. The number of rotatable bonds is 6. The molecule has 1 aliphatic rings. The Balaban J connectivity index is 1.73. The van der Waals surface area contributed by atoms with E-state index in [-0.39, 0.29) is 11.3 Å². The Hall–Kier alpha value is -2.33. The molecule has 4 nitrogen and oxygen atoms in total. The number of benzene rings is 2. The molecule has 1 saturated carbocycles. The highest BCUT2D eigenvalue weighted by atomic mass is 16.5. The van der Waals surface area contributed by atoms with Crippen LogP contribution in [0.1, 0.15) is 42.9 Å². The van der Waals surface area contributed by atoms with Crippen molar-refractivity contribution in [3.05, 3.63) is 65.7 Å². The molecule has 0 aromatic heterocycles. The van der Waals surface area contributed by atoms with E-state index < -0.39 is 6.04 Å². The Labute approximate surface area is 149 Å². The molecule has 1 aliphatic carbocycles. The largest absolute Gasteiger partial charge is 0.497 e. The van der Waals surface area contributed by atoms with Crippen molar-refractivity contribution in [2.75, 3.05) is 13.7 Å². The van der Waals surface area contributed by atoms with Gasteiger partial charge in [0.25, 0.3) is 0 Å². The van der Waals surface area contributed by atoms with Crippen molar-refractivity contribution >= 4 is 5.91 Å². The lowest BCUT2D eigenvalue weighted by atomic mass is 9.78. The molecule has 2 aromatic carbocycles. The highest BCUT2D eigenvalue weighted by molar-refractivity contribution is 5.83. The van der Waals surface area contributed by atoms with Gasteiger partial charge in [-0.2, -0.15) is 0 Å². The second-order valence-corrected chi connectivity index (χ2v) is 6.83. The van der Waals surface area contributed by atoms with Gasteiger partial charge in [-0.25, -0.2) is 0 Å². The van der Waals surface area contributed by atoms with Crippen LogP contribution in [-0.4, -0.2) is 19.6 Å². The smallest absolute Gasteiger partial charge is 0.241 e. The summed E-state index contributed by atoms with van der Waals surface area (Å²) in [5, 5.41) is 3.09. The summed E-state index contributed by atoms with van der Waals surface area (Å²) < 4.78 is 5.37. The summed E-state index contributed by atoms with van der Waals surface area (Å²) in [6, 6.07) is 17.1. The third-order valence-electron chi connectivity index (χ3n) is 5.28. The van der Waals surface area contributed by atoms with Crippen molar-refractivity contribution in [2.24, 2.45) is 5.73 Å². The summed E-state index contributed by atoms with van der Waals surface area (Å²) >= 11 is 0. The molecule has 3 N–H and O–H groups in total. The van der Waals surface area contributed by atoms with E-state index in [1.54, 1.807) is 7.11 Å². The van der Waals surface area contributed by atoms with Gasteiger partial charge >= 0.3 is 0 Å². The summed E-state index contributed by atoms with van der Waals surface area (Å²) in [5.41, 5.74) is 8.16. The van der Waals surface area contributed by atoms with E-state index in [1.807, 2.05) is 42.5 Å². The van der Waals surface area contributed by atoms with Gasteiger partial charge in [-0.1, -0.05) is 55.3 Å². The lowest BCUT2D eigenvalue weighted by Crippen LogP contribution is -2.42. The molecule has 0 aliphatic heterocycles. The standard InChI is InChI=1S/C21H26N2O2/c1-25-18-11-7-10-17(14-18)21(12-5-6-13-21)15-23-20(24)19(22)16-8-3-2-4-9-16/h2-4,7-11,14,19H,5-6,12-13,15,22H2,1H3,(H,23,24). The highest BCUT2D eigenvalue weighted by Crippen LogP contribution is 2.41. The minimum Gasteiger partial charge on any atom is -0.497 e. The van der Waals surface area contributed by atoms with Crippen LogP contribution in [0.15, 0.2) is 54.6 Å². The van der Waals surface area contributed by atoms with E-state index >= 15 is 0 Å². The first kappa shape index (κ1) is 17.5. The number of hydrogen-bond acceptors (Lipinski definition) is 3. The monoisotopic (exact) mass is 338 g/mol. The van der Waals surface area contributed by atoms with Crippen LogP contribution in [0.3, 0.4) is 0 Å². The minimum absolute atomic E-state index is 0.0272. The van der Waals surface area contributed by atoms with Crippen molar-refractivity contribution < 1.29 is 9.53 Å². The molecular weight excluding hydrogens is 312 g/mol. The molecule has 1 fully saturated rings. The van der Waals surface area contributed by atoms with Crippen molar-refractivity contribution in [1.82, 2.24) is 5.32 Å². The van der Waals surface area contributed by atoms with Gasteiger partial charge in [0.2, 0.25) is 5.91 Å². The van der Waals surface area contributed by atoms with Gasteiger partial charge in [0.1, 0.15) is 11.8 Å². The van der Waals surface area contributed by atoms with E-state index in [1.165, 1.54) is 18.4 Å². The molecule has 0 bridgehead atoms. The normalized spacial score (nSPS) is 17.0. The van der Waals surface area contributed by atoms with E-state index in [4.69, 9.17) is 10.5 Å². The van der Waals surface area contributed by atoms with Crippen LogP contribution < -0.4 is 15.8 Å². The number of hydrogen-bond donors (Lipinski definition) is 2. The van der Waals surface area contributed by atoms with Crippen LogP contribution >= 0.6 is 0 Å². The third kappa shape index (κ3) is 3.85. The molecule has 2 aromatic rings. The van der Waals surface area contributed by atoms with Gasteiger partial charge in [0.05, 0.1) is 7.11 Å². The van der Waals surface area contributed by atoms with E-state index in [9.17, 15) is 4.79 Å². The fraction of sp³-hybridized carbons (Fsp3) is 0.381. The number of carbonyl (C=O) groups is 1. The van der Waals surface area contributed by atoms with Crippen molar-refractivity contribution in [3.63, 3.8) is 0 Å². The molecule has 25 heavy (non-hydrogen) atoms. The van der Waals surface area contributed by atoms with Crippen LogP contribution in [0.2, 0.25) is 0 Å². The minimum atomic E-state index is -0.634. The molecule has 1 atom stereocenters. The van der Waals surface area contributed by atoms with Crippen molar-refractivity contribution in [1.29, 1.82) is 0 Å². The Kier molecular flexibility index (Phi) is 5.39. The molecule has 3 rings (SSSR count). The average molecular weight is 338 g/mol. The van der Waals surface area contributed by atoms with E-state index in [2.05, 4.69) is 17.4 Å². The zero-order valence-corrected chi connectivity index (χ0v) is 14.7. The zero-order valence-electron chi connectivity index (χ0n) is 14.7. The molecule has 1 amide bonds. The van der Waals surface area contributed by atoms with Gasteiger partial charge in [0, 0.05) is 12.0 Å². The Morgan fingerprint density at radius 2 is 1.88 bits per heavy atom. The second-order valence-electron chi connectivity index (χ2n) is 6.83. The van der Waals surface area contributed by atoms with E-state index in [0.29, 0.717) is 6.54 Å². The van der Waals surface area contributed by atoms with Crippen LogP contribution in [0.4, 0.5) is 0 Å². The fourth-order valence-electron chi connectivity index (χ4n) is 3.75.